The summed E-state index contributed by atoms with van der Waals surface area (Å²) in [6, 6.07) is 3.02. The van der Waals surface area contributed by atoms with Crippen molar-refractivity contribution in [1.82, 2.24) is 5.32 Å². The van der Waals surface area contributed by atoms with Gasteiger partial charge in [-0.2, -0.15) is 0 Å². The summed E-state index contributed by atoms with van der Waals surface area (Å²) in [5.41, 5.74) is 0. The van der Waals surface area contributed by atoms with Crippen molar-refractivity contribution in [2.75, 3.05) is 0 Å². The molecule has 104 valence electrons. The number of carbonyl (C=O) groups is 2. The van der Waals surface area contributed by atoms with E-state index in [1.807, 2.05) is 0 Å². The highest BCUT2D eigenvalue weighted by molar-refractivity contribution is 5.92. The summed E-state index contributed by atoms with van der Waals surface area (Å²) in [5, 5.41) is 12.1. The minimum atomic E-state index is -0.831. The van der Waals surface area contributed by atoms with Gasteiger partial charge in [-0.25, -0.2) is 0 Å². The Bertz CT molecular complexity index is 466. The highest BCUT2D eigenvalue weighted by Crippen LogP contribution is 2.24. The van der Waals surface area contributed by atoms with E-state index in [4.69, 9.17) is 4.42 Å². The minimum Gasteiger partial charge on any atom is -0.481 e. The summed E-state index contributed by atoms with van der Waals surface area (Å²) < 4.78 is 5.25. The first kappa shape index (κ1) is 13.6. The van der Waals surface area contributed by atoms with Crippen LogP contribution in [0.5, 0.6) is 0 Å². The number of rotatable bonds is 3. The first-order chi connectivity index (χ1) is 9.08. The molecular formula is C14H19NO4. The lowest BCUT2D eigenvalue weighted by Crippen LogP contribution is -2.42. The van der Waals surface area contributed by atoms with E-state index in [0.717, 1.165) is 19.3 Å². The second kappa shape index (κ2) is 5.91. The highest BCUT2D eigenvalue weighted by atomic mass is 16.4. The van der Waals surface area contributed by atoms with Gasteiger partial charge in [0.15, 0.2) is 5.76 Å². The molecule has 1 heterocycles. The summed E-state index contributed by atoms with van der Waals surface area (Å²) in [4.78, 5) is 23.3. The predicted octanol–water partition coefficient (Wildman–Crippen LogP) is 2.35. The Balaban J connectivity index is 2.06. The van der Waals surface area contributed by atoms with Crippen LogP contribution in [0.25, 0.3) is 0 Å². The molecule has 0 aromatic carbocycles. The van der Waals surface area contributed by atoms with Gasteiger partial charge < -0.3 is 14.8 Å². The second-order valence-corrected chi connectivity index (χ2v) is 5.07. The van der Waals surface area contributed by atoms with Gasteiger partial charge in [0.25, 0.3) is 5.91 Å². The van der Waals surface area contributed by atoms with Crippen LogP contribution in [0.3, 0.4) is 0 Å². The normalized spacial score (nSPS) is 23.6. The highest BCUT2D eigenvalue weighted by Gasteiger charge is 2.31. The fourth-order valence-corrected chi connectivity index (χ4v) is 2.57. The molecular weight excluding hydrogens is 246 g/mol. The quantitative estimate of drug-likeness (QED) is 0.822. The van der Waals surface area contributed by atoms with Crippen LogP contribution in [0.1, 0.15) is 48.4 Å². The third-order valence-corrected chi connectivity index (χ3v) is 3.61. The zero-order chi connectivity index (χ0) is 13.8. The molecule has 0 spiro atoms. The number of aryl methyl sites for hydroxylation is 1. The third kappa shape index (κ3) is 3.36. The van der Waals surface area contributed by atoms with E-state index in [2.05, 4.69) is 5.32 Å². The van der Waals surface area contributed by atoms with E-state index in [1.165, 1.54) is 0 Å². The molecule has 5 nitrogen and oxygen atoms in total. The van der Waals surface area contributed by atoms with Crippen molar-refractivity contribution in [3.8, 4) is 0 Å². The van der Waals surface area contributed by atoms with Crippen LogP contribution >= 0.6 is 0 Å². The number of nitrogens with one attached hydrogen (secondary N) is 1. The molecule has 19 heavy (non-hydrogen) atoms. The molecule has 1 aliphatic carbocycles. The van der Waals surface area contributed by atoms with Crippen LogP contribution < -0.4 is 5.32 Å². The Morgan fingerprint density at radius 1 is 1.26 bits per heavy atom. The molecule has 0 saturated heterocycles. The van der Waals surface area contributed by atoms with Crippen LogP contribution in [0.4, 0.5) is 0 Å². The number of furan rings is 1. The Morgan fingerprint density at radius 3 is 2.63 bits per heavy atom. The largest absolute Gasteiger partial charge is 0.481 e. The van der Waals surface area contributed by atoms with Gasteiger partial charge in [-0.05, 0) is 31.9 Å². The van der Waals surface area contributed by atoms with Crippen molar-refractivity contribution < 1.29 is 19.1 Å². The van der Waals surface area contributed by atoms with Crippen LogP contribution in [0.2, 0.25) is 0 Å². The fraction of sp³-hybridized carbons (Fsp3) is 0.571. The summed E-state index contributed by atoms with van der Waals surface area (Å²) in [7, 11) is 0. The minimum absolute atomic E-state index is 0.242. The van der Waals surface area contributed by atoms with Crippen molar-refractivity contribution in [2.24, 2.45) is 5.92 Å². The van der Waals surface area contributed by atoms with E-state index < -0.39 is 11.9 Å². The molecule has 2 unspecified atom stereocenters. The lowest BCUT2D eigenvalue weighted by Gasteiger charge is -2.22. The van der Waals surface area contributed by atoms with Crippen LogP contribution in [0.15, 0.2) is 16.5 Å². The molecule has 1 aliphatic rings. The molecule has 1 amide bonds. The number of hydrogen-bond donors (Lipinski definition) is 2. The summed E-state index contributed by atoms with van der Waals surface area (Å²) in [6.45, 7) is 1.77. The van der Waals surface area contributed by atoms with Gasteiger partial charge in [0.1, 0.15) is 5.76 Å². The first-order valence-electron chi connectivity index (χ1n) is 6.68. The maximum Gasteiger partial charge on any atom is 0.308 e. The Labute approximate surface area is 112 Å². The number of hydrogen-bond acceptors (Lipinski definition) is 3. The van der Waals surface area contributed by atoms with E-state index in [0.29, 0.717) is 18.6 Å². The average molecular weight is 265 g/mol. The van der Waals surface area contributed by atoms with Crippen LogP contribution in [-0.4, -0.2) is 23.0 Å². The van der Waals surface area contributed by atoms with Crippen molar-refractivity contribution in [1.29, 1.82) is 0 Å². The van der Waals surface area contributed by atoms with Gasteiger partial charge in [-0.1, -0.05) is 19.3 Å². The molecule has 0 aliphatic heterocycles. The average Bonchev–Trinajstić information content (AvgIpc) is 2.65. The van der Waals surface area contributed by atoms with E-state index in [-0.39, 0.29) is 17.7 Å². The number of carboxylic acids is 1. The Kier molecular flexibility index (Phi) is 4.24. The molecule has 0 bridgehead atoms. The van der Waals surface area contributed by atoms with E-state index in [9.17, 15) is 14.7 Å². The van der Waals surface area contributed by atoms with Crippen LogP contribution in [-0.2, 0) is 4.79 Å². The molecule has 2 atom stereocenters. The van der Waals surface area contributed by atoms with E-state index >= 15 is 0 Å². The maximum atomic E-state index is 12.0. The molecule has 2 N–H and O–H groups in total. The molecule has 1 aromatic rings. The van der Waals surface area contributed by atoms with Gasteiger partial charge in [0, 0.05) is 6.04 Å². The zero-order valence-corrected chi connectivity index (χ0v) is 11.0. The van der Waals surface area contributed by atoms with Gasteiger partial charge in [0.05, 0.1) is 5.92 Å². The molecule has 5 heteroatoms. The molecule has 2 rings (SSSR count). The Morgan fingerprint density at radius 2 is 2.00 bits per heavy atom. The molecule has 1 aromatic heterocycles. The SMILES string of the molecule is Cc1ccc(C(=O)NC2CCCCCC2C(=O)O)o1. The maximum absolute atomic E-state index is 12.0. The van der Waals surface area contributed by atoms with Crippen LogP contribution in [0, 0.1) is 12.8 Å². The van der Waals surface area contributed by atoms with Gasteiger partial charge in [-0.15, -0.1) is 0 Å². The lowest BCUT2D eigenvalue weighted by atomic mass is 9.95. The summed E-state index contributed by atoms with van der Waals surface area (Å²) in [5.74, 6) is -0.747. The Hall–Kier alpha value is -1.78. The van der Waals surface area contributed by atoms with Gasteiger partial charge in [-0.3, -0.25) is 9.59 Å². The summed E-state index contributed by atoms with van der Waals surface area (Å²) in [6.07, 6.45) is 4.21. The zero-order valence-electron chi connectivity index (χ0n) is 11.0. The molecule has 0 radical (unpaired) electrons. The molecule has 1 fully saturated rings. The van der Waals surface area contributed by atoms with Crippen molar-refractivity contribution in [3.63, 3.8) is 0 Å². The van der Waals surface area contributed by atoms with Gasteiger partial charge in [0.2, 0.25) is 0 Å². The molecule has 1 saturated carbocycles. The fourth-order valence-electron chi connectivity index (χ4n) is 2.57. The standard InChI is InChI=1S/C14H19NO4/c1-9-7-8-12(19-9)13(16)15-11-6-4-2-3-5-10(11)14(17)18/h7-8,10-11H,2-6H2,1H3,(H,15,16)(H,17,18). The van der Waals surface area contributed by atoms with E-state index in [1.54, 1.807) is 19.1 Å². The predicted molar refractivity (Wildman–Crippen MR) is 68.9 cm³/mol. The van der Waals surface area contributed by atoms with Crippen molar-refractivity contribution >= 4 is 11.9 Å². The number of aliphatic carboxylic acids is 1. The topological polar surface area (TPSA) is 79.5 Å². The first-order valence-corrected chi connectivity index (χ1v) is 6.68. The van der Waals surface area contributed by atoms with Gasteiger partial charge >= 0.3 is 5.97 Å². The number of carboxylic acid groups (broad SMARTS) is 1. The smallest absolute Gasteiger partial charge is 0.308 e. The van der Waals surface area contributed by atoms with Crippen molar-refractivity contribution in [2.45, 2.75) is 45.1 Å². The second-order valence-electron chi connectivity index (χ2n) is 5.07. The third-order valence-electron chi connectivity index (χ3n) is 3.61. The summed E-state index contributed by atoms with van der Waals surface area (Å²) >= 11 is 0. The monoisotopic (exact) mass is 265 g/mol. The lowest BCUT2D eigenvalue weighted by molar-refractivity contribution is -0.142. The number of carbonyl (C=O) groups excluding carboxylic acids is 1. The number of amides is 1. The van der Waals surface area contributed by atoms with Crippen molar-refractivity contribution in [3.05, 3.63) is 23.7 Å².